The fourth-order valence-electron chi connectivity index (χ4n) is 7.77. The SMILES string of the molecule is O=C(COc1cccc2c1C(=O)N(C1CCC(=O)NC1=O)C2=O)NCCCCCC(=O)N1CCN(c2ccc(-c3cnc(CCc4ccco4)n4cnnc34)cc2)CC1. The second-order valence-corrected chi connectivity index (χ2v) is 14.7. The molecule has 0 spiro atoms. The van der Waals surface area contributed by atoms with Crippen LogP contribution >= 0.6 is 0 Å². The maximum atomic E-state index is 13.2. The lowest BCUT2D eigenvalue weighted by molar-refractivity contribution is -0.136. The van der Waals surface area contributed by atoms with Gasteiger partial charge in [0.1, 0.15) is 29.7 Å². The summed E-state index contributed by atoms with van der Waals surface area (Å²) < 4.78 is 13.0. The number of unbranched alkanes of at least 4 members (excludes halogenated alkanes) is 2. The van der Waals surface area contributed by atoms with Crippen molar-refractivity contribution in [2.45, 2.75) is 57.4 Å². The van der Waals surface area contributed by atoms with Crippen LogP contribution in [-0.4, -0.2) is 110 Å². The van der Waals surface area contributed by atoms with Crippen LogP contribution in [-0.2, 0) is 32.0 Å². The van der Waals surface area contributed by atoms with E-state index in [1.165, 1.54) is 18.2 Å². The Morgan fingerprint density at radius 3 is 2.51 bits per heavy atom. The fraction of sp³-hybridized carbons (Fsp3) is 0.357. The predicted octanol–water partition coefficient (Wildman–Crippen LogP) is 2.97. The van der Waals surface area contributed by atoms with E-state index in [4.69, 9.17) is 14.1 Å². The van der Waals surface area contributed by atoms with Crippen LogP contribution in [0.15, 0.2) is 77.8 Å². The van der Waals surface area contributed by atoms with Gasteiger partial charge in [-0.15, -0.1) is 10.2 Å². The summed E-state index contributed by atoms with van der Waals surface area (Å²) in [5, 5.41) is 13.5. The molecule has 0 radical (unpaired) electrons. The molecule has 1 unspecified atom stereocenters. The Bertz CT molecular complexity index is 2390. The van der Waals surface area contributed by atoms with Crippen molar-refractivity contribution in [1.29, 1.82) is 0 Å². The van der Waals surface area contributed by atoms with Gasteiger partial charge in [-0.3, -0.25) is 43.4 Å². The molecular formula is C42H43N9O8. The average Bonchev–Trinajstić information content (AvgIpc) is 4.02. The average molecular weight is 802 g/mol. The molecule has 3 aromatic heterocycles. The number of carbonyl (C=O) groups excluding carboxylic acids is 6. The number of piperazine rings is 1. The van der Waals surface area contributed by atoms with Crippen molar-refractivity contribution in [2.75, 3.05) is 44.2 Å². The molecule has 3 aliphatic heterocycles. The summed E-state index contributed by atoms with van der Waals surface area (Å²) in [7, 11) is 0. The molecule has 1 atom stereocenters. The molecule has 5 aromatic rings. The van der Waals surface area contributed by atoms with Gasteiger partial charge in [0.15, 0.2) is 12.3 Å². The highest BCUT2D eigenvalue weighted by atomic mass is 16.5. The number of aryl methyl sites for hydroxylation is 2. The van der Waals surface area contributed by atoms with E-state index in [0.29, 0.717) is 45.3 Å². The van der Waals surface area contributed by atoms with Gasteiger partial charge in [-0.1, -0.05) is 24.6 Å². The van der Waals surface area contributed by atoms with Crippen molar-refractivity contribution in [1.82, 2.24) is 40.0 Å². The number of hydrogen-bond acceptors (Lipinski definition) is 12. The number of imide groups is 2. The molecule has 3 aliphatic rings. The first-order chi connectivity index (χ1) is 28.7. The lowest BCUT2D eigenvalue weighted by Crippen LogP contribution is -2.54. The van der Waals surface area contributed by atoms with Crippen molar-refractivity contribution in [3.63, 3.8) is 0 Å². The van der Waals surface area contributed by atoms with E-state index in [9.17, 15) is 28.8 Å². The molecule has 17 nitrogen and oxygen atoms in total. The van der Waals surface area contributed by atoms with Crippen molar-refractivity contribution in [2.24, 2.45) is 0 Å². The van der Waals surface area contributed by atoms with Gasteiger partial charge in [0.2, 0.25) is 17.7 Å². The monoisotopic (exact) mass is 801 g/mol. The summed E-state index contributed by atoms with van der Waals surface area (Å²) in [4.78, 5) is 85.5. The summed E-state index contributed by atoms with van der Waals surface area (Å²) in [5.41, 5.74) is 3.78. The van der Waals surface area contributed by atoms with Crippen LogP contribution in [0.1, 0.15) is 70.8 Å². The molecule has 59 heavy (non-hydrogen) atoms. The number of nitrogens with zero attached hydrogens (tertiary/aromatic N) is 7. The number of hydrogen-bond donors (Lipinski definition) is 2. The topological polar surface area (TPSA) is 202 Å². The zero-order valence-electron chi connectivity index (χ0n) is 32.3. The zero-order valence-corrected chi connectivity index (χ0v) is 32.3. The molecule has 0 aliphatic carbocycles. The largest absolute Gasteiger partial charge is 0.483 e. The molecule has 8 rings (SSSR count). The first-order valence-corrected chi connectivity index (χ1v) is 19.8. The summed E-state index contributed by atoms with van der Waals surface area (Å²) in [6.07, 6.45) is 9.24. The van der Waals surface area contributed by atoms with Crippen LogP contribution in [0.25, 0.3) is 16.8 Å². The van der Waals surface area contributed by atoms with E-state index in [1.807, 2.05) is 27.6 Å². The maximum absolute atomic E-state index is 13.2. The summed E-state index contributed by atoms with van der Waals surface area (Å²) in [5.74, 6) is -0.976. The van der Waals surface area contributed by atoms with Crippen molar-refractivity contribution in [3.8, 4) is 16.9 Å². The molecule has 6 amide bonds. The number of ether oxygens (including phenoxy) is 1. The Kier molecular flexibility index (Phi) is 11.4. The molecule has 17 heteroatoms. The second-order valence-electron chi connectivity index (χ2n) is 14.7. The van der Waals surface area contributed by atoms with E-state index in [0.717, 1.165) is 64.9 Å². The Balaban J connectivity index is 0.730. The molecule has 2 aromatic carbocycles. The van der Waals surface area contributed by atoms with Gasteiger partial charge in [-0.05, 0) is 61.2 Å². The highest BCUT2D eigenvalue weighted by Gasteiger charge is 2.46. The fourth-order valence-corrected chi connectivity index (χ4v) is 7.77. The quantitative estimate of drug-likeness (QED) is 0.116. The van der Waals surface area contributed by atoms with Crippen LogP contribution in [0.4, 0.5) is 5.69 Å². The normalized spacial score (nSPS) is 16.7. The van der Waals surface area contributed by atoms with Crippen LogP contribution in [0.2, 0.25) is 0 Å². The molecule has 2 saturated heterocycles. The van der Waals surface area contributed by atoms with E-state index in [1.54, 1.807) is 12.6 Å². The highest BCUT2D eigenvalue weighted by Crippen LogP contribution is 2.34. The number of nitrogens with one attached hydrogen (secondary N) is 2. The van der Waals surface area contributed by atoms with Gasteiger partial charge < -0.3 is 24.3 Å². The third-order valence-electron chi connectivity index (χ3n) is 10.9. The highest BCUT2D eigenvalue weighted by molar-refractivity contribution is 6.24. The zero-order chi connectivity index (χ0) is 40.9. The summed E-state index contributed by atoms with van der Waals surface area (Å²) in [6.45, 7) is 2.75. The molecule has 304 valence electrons. The predicted molar refractivity (Wildman–Crippen MR) is 211 cm³/mol. The number of benzene rings is 2. The number of fused-ring (bicyclic) bond motifs is 2. The number of anilines is 1. The molecule has 0 bridgehead atoms. The Morgan fingerprint density at radius 1 is 0.898 bits per heavy atom. The van der Waals surface area contributed by atoms with Gasteiger partial charge in [0, 0.05) is 75.9 Å². The summed E-state index contributed by atoms with van der Waals surface area (Å²) >= 11 is 0. The third-order valence-corrected chi connectivity index (χ3v) is 10.9. The smallest absolute Gasteiger partial charge is 0.266 e. The lowest BCUT2D eigenvalue weighted by atomic mass is 10.0. The minimum atomic E-state index is -1.10. The number of aromatic nitrogens is 4. The van der Waals surface area contributed by atoms with E-state index < -0.39 is 35.6 Å². The Hall–Kier alpha value is -6.91. The van der Waals surface area contributed by atoms with Crippen LogP contribution < -0.4 is 20.3 Å². The van der Waals surface area contributed by atoms with E-state index in [2.05, 4.69) is 50.0 Å². The van der Waals surface area contributed by atoms with E-state index >= 15 is 0 Å². The first-order valence-electron chi connectivity index (χ1n) is 19.8. The number of rotatable bonds is 15. The molecular weight excluding hydrogens is 759 g/mol. The number of piperidine rings is 1. The van der Waals surface area contributed by atoms with Gasteiger partial charge in [0.05, 0.1) is 17.4 Å². The van der Waals surface area contributed by atoms with Crippen LogP contribution in [0.3, 0.4) is 0 Å². The second kappa shape index (κ2) is 17.3. The minimum Gasteiger partial charge on any atom is -0.483 e. The molecule has 2 N–H and O–H groups in total. The summed E-state index contributed by atoms with van der Waals surface area (Å²) in [6, 6.07) is 15.5. The maximum Gasteiger partial charge on any atom is 0.266 e. The Labute approximate surface area is 338 Å². The minimum absolute atomic E-state index is 0.0130. The number of furan rings is 1. The van der Waals surface area contributed by atoms with Crippen LogP contribution in [0, 0.1) is 0 Å². The van der Waals surface area contributed by atoms with Gasteiger partial charge in [-0.25, -0.2) is 4.98 Å². The lowest BCUT2D eigenvalue weighted by Gasteiger charge is -2.36. The molecule has 6 heterocycles. The molecule has 0 saturated carbocycles. The Morgan fingerprint density at radius 2 is 1.73 bits per heavy atom. The van der Waals surface area contributed by atoms with Crippen molar-refractivity contribution in [3.05, 3.63) is 96.1 Å². The van der Waals surface area contributed by atoms with Crippen molar-refractivity contribution < 1.29 is 37.9 Å². The standard InChI is InChI=1S/C42H43N9O8/c52-35-17-15-32(40(55)46-35)51-41(56)30-7-4-8-33(38(30)42(51)57)59-25-36(53)43-18-3-1-2-9-37(54)49-21-19-48(20-22-49)28-12-10-27(11-13-28)31-24-44-34(50-26-45-47-39(31)50)16-14-29-6-5-23-58-29/h4-8,10-13,23-24,26,32H,1-3,9,14-22,25H2,(H,43,53)(H,46,52,55). The van der Waals surface area contributed by atoms with Gasteiger partial charge >= 0.3 is 0 Å². The molecule has 2 fully saturated rings. The van der Waals surface area contributed by atoms with Gasteiger partial charge in [-0.2, -0.15) is 0 Å². The first kappa shape index (κ1) is 38.9. The third kappa shape index (κ3) is 8.40. The number of amides is 6. The van der Waals surface area contributed by atoms with Crippen LogP contribution in [0.5, 0.6) is 5.75 Å². The van der Waals surface area contributed by atoms with E-state index in [-0.39, 0.29) is 42.2 Å². The van der Waals surface area contributed by atoms with Gasteiger partial charge in [0.25, 0.3) is 17.7 Å². The van der Waals surface area contributed by atoms with Crippen molar-refractivity contribution >= 4 is 46.8 Å². The number of carbonyl (C=O) groups is 6.